The monoisotopic (exact) mass is 219 g/mol. The SMILES string of the molecule is Cc1ccnc(N(C)C2CCCCC2)c1N. The zero-order valence-corrected chi connectivity index (χ0v) is 10.2. The third-order valence-corrected chi connectivity index (χ3v) is 3.64. The minimum Gasteiger partial charge on any atom is -0.396 e. The highest BCUT2D eigenvalue weighted by Gasteiger charge is 2.20. The number of nitrogen functional groups attached to an aromatic ring is 1. The van der Waals surface area contributed by atoms with Gasteiger partial charge in [0.1, 0.15) is 0 Å². The Labute approximate surface area is 97.7 Å². The fraction of sp³-hybridized carbons (Fsp3) is 0.615. The number of anilines is 2. The van der Waals surface area contributed by atoms with Crippen LogP contribution in [0.4, 0.5) is 11.5 Å². The zero-order chi connectivity index (χ0) is 11.5. The van der Waals surface area contributed by atoms with E-state index in [1.807, 2.05) is 19.2 Å². The predicted molar refractivity (Wildman–Crippen MR) is 68.7 cm³/mol. The van der Waals surface area contributed by atoms with Crippen molar-refractivity contribution in [2.24, 2.45) is 0 Å². The molecular weight excluding hydrogens is 198 g/mol. The maximum Gasteiger partial charge on any atom is 0.152 e. The normalized spacial score (nSPS) is 17.4. The minimum atomic E-state index is 0.616. The molecular formula is C13H21N3. The van der Waals surface area contributed by atoms with Crippen molar-refractivity contribution in [2.75, 3.05) is 17.7 Å². The van der Waals surface area contributed by atoms with Gasteiger partial charge in [-0.15, -0.1) is 0 Å². The summed E-state index contributed by atoms with van der Waals surface area (Å²) in [5, 5.41) is 0. The van der Waals surface area contributed by atoms with Crippen LogP contribution in [0.15, 0.2) is 12.3 Å². The Morgan fingerprint density at radius 1 is 1.31 bits per heavy atom. The summed E-state index contributed by atoms with van der Waals surface area (Å²) < 4.78 is 0. The van der Waals surface area contributed by atoms with Gasteiger partial charge in [0.25, 0.3) is 0 Å². The highest BCUT2D eigenvalue weighted by Crippen LogP contribution is 2.29. The van der Waals surface area contributed by atoms with Gasteiger partial charge >= 0.3 is 0 Å². The number of rotatable bonds is 2. The Hall–Kier alpha value is -1.25. The van der Waals surface area contributed by atoms with Gasteiger partial charge in [-0.25, -0.2) is 4.98 Å². The lowest BCUT2D eigenvalue weighted by molar-refractivity contribution is 0.426. The molecule has 0 radical (unpaired) electrons. The molecule has 3 nitrogen and oxygen atoms in total. The van der Waals surface area contributed by atoms with Crippen LogP contribution in [0.5, 0.6) is 0 Å². The lowest BCUT2D eigenvalue weighted by atomic mass is 9.94. The first-order valence-electron chi connectivity index (χ1n) is 6.14. The summed E-state index contributed by atoms with van der Waals surface area (Å²) in [5.74, 6) is 0.951. The Morgan fingerprint density at radius 2 is 2.00 bits per heavy atom. The van der Waals surface area contributed by atoms with Gasteiger partial charge in [0.2, 0.25) is 0 Å². The van der Waals surface area contributed by atoms with Gasteiger partial charge in [-0.3, -0.25) is 0 Å². The second-order valence-electron chi connectivity index (χ2n) is 4.77. The number of pyridine rings is 1. The summed E-state index contributed by atoms with van der Waals surface area (Å²) in [4.78, 5) is 6.68. The molecule has 0 unspecified atom stereocenters. The third-order valence-electron chi connectivity index (χ3n) is 3.64. The number of nitrogens with two attached hydrogens (primary N) is 1. The fourth-order valence-corrected chi connectivity index (χ4v) is 2.48. The van der Waals surface area contributed by atoms with Crippen molar-refractivity contribution < 1.29 is 0 Å². The quantitative estimate of drug-likeness (QED) is 0.831. The van der Waals surface area contributed by atoms with E-state index in [1.165, 1.54) is 32.1 Å². The zero-order valence-electron chi connectivity index (χ0n) is 10.2. The number of aryl methyl sites for hydroxylation is 1. The van der Waals surface area contributed by atoms with Gasteiger partial charge in [0.15, 0.2) is 5.82 Å². The Kier molecular flexibility index (Phi) is 3.32. The second kappa shape index (κ2) is 4.73. The maximum atomic E-state index is 6.09. The molecule has 1 heterocycles. The van der Waals surface area contributed by atoms with E-state index in [2.05, 4.69) is 16.9 Å². The van der Waals surface area contributed by atoms with E-state index in [0.29, 0.717) is 6.04 Å². The molecule has 3 heteroatoms. The molecule has 1 saturated carbocycles. The smallest absolute Gasteiger partial charge is 0.152 e. The van der Waals surface area contributed by atoms with Crippen LogP contribution in [0.1, 0.15) is 37.7 Å². The van der Waals surface area contributed by atoms with Crippen molar-refractivity contribution in [1.29, 1.82) is 0 Å². The topological polar surface area (TPSA) is 42.2 Å². The van der Waals surface area contributed by atoms with Crippen LogP contribution < -0.4 is 10.6 Å². The van der Waals surface area contributed by atoms with E-state index in [9.17, 15) is 0 Å². The molecule has 0 amide bonds. The van der Waals surface area contributed by atoms with Crippen LogP contribution in [0, 0.1) is 6.92 Å². The molecule has 1 aromatic heterocycles. The average Bonchev–Trinajstić information content (AvgIpc) is 2.33. The largest absolute Gasteiger partial charge is 0.396 e. The van der Waals surface area contributed by atoms with E-state index < -0.39 is 0 Å². The van der Waals surface area contributed by atoms with Crippen molar-refractivity contribution in [3.63, 3.8) is 0 Å². The molecule has 0 aliphatic heterocycles. The summed E-state index contributed by atoms with van der Waals surface area (Å²) in [7, 11) is 2.12. The van der Waals surface area contributed by atoms with E-state index in [1.54, 1.807) is 0 Å². The van der Waals surface area contributed by atoms with E-state index in [0.717, 1.165) is 17.1 Å². The first-order valence-corrected chi connectivity index (χ1v) is 6.14. The number of nitrogens with zero attached hydrogens (tertiary/aromatic N) is 2. The molecule has 88 valence electrons. The molecule has 2 N–H and O–H groups in total. The van der Waals surface area contributed by atoms with Crippen LogP contribution >= 0.6 is 0 Å². The number of aromatic nitrogens is 1. The van der Waals surface area contributed by atoms with E-state index in [4.69, 9.17) is 5.73 Å². The second-order valence-corrected chi connectivity index (χ2v) is 4.77. The van der Waals surface area contributed by atoms with E-state index >= 15 is 0 Å². The van der Waals surface area contributed by atoms with Crippen LogP contribution in [0.25, 0.3) is 0 Å². The first kappa shape index (κ1) is 11.2. The van der Waals surface area contributed by atoms with Crippen LogP contribution in [0.2, 0.25) is 0 Å². The first-order chi connectivity index (χ1) is 7.70. The van der Waals surface area contributed by atoms with Crippen molar-refractivity contribution in [2.45, 2.75) is 45.1 Å². The Morgan fingerprint density at radius 3 is 2.69 bits per heavy atom. The lowest BCUT2D eigenvalue weighted by Crippen LogP contribution is -2.34. The van der Waals surface area contributed by atoms with Crippen molar-refractivity contribution in [1.82, 2.24) is 4.98 Å². The molecule has 16 heavy (non-hydrogen) atoms. The van der Waals surface area contributed by atoms with Gasteiger partial charge < -0.3 is 10.6 Å². The Bertz CT molecular complexity index is 356. The van der Waals surface area contributed by atoms with Gasteiger partial charge in [-0.1, -0.05) is 19.3 Å². The van der Waals surface area contributed by atoms with Gasteiger partial charge in [0, 0.05) is 19.3 Å². The summed E-state index contributed by atoms with van der Waals surface area (Å²) in [6.07, 6.45) is 8.43. The molecule has 2 rings (SSSR count). The molecule has 1 aromatic rings. The third kappa shape index (κ3) is 2.13. The molecule has 0 spiro atoms. The molecule has 1 fully saturated rings. The van der Waals surface area contributed by atoms with Gasteiger partial charge in [0.05, 0.1) is 5.69 Å². The average molecular weight is 219 g/mol. The van der Waals surface area contributed by atoms with Crippen molar-refractivity contribution in [3.05, 3.63) is 17.8 Å². The molecule has 0 atom stereocenters. The Balaban J connectivity index is 2.19. The van der Waals surface area contributed by atoms with Gasteiger partial charge in [-0.2, -0.15) is 0 Å². The highest BCUT2D eigenvalue weighted by atomic mass is 15.2. The molecule has 1 aliphatic rings. The van der Waals surface area contributed by atoms with Crippen LogP contribution in [-0.4, -0.2) is 18.1 Å². The van der Waals surface area contributed by atoms with E-state index in [-0.39, 0.29) is 0 Å². The van der Waals surface area contributed by atoms with Crippen LogP contribution in [0.3, 0.4) is 0 Å². The standard InChI is InChI=1S/C13H21N3/c1-10-8-9-15-13(12(10)14)16(2)11-6-4-3-5-7-11/h8-9,11H,3-7,14H2,1-2H3. The molecule has 0 aromatic carbocycles. The summed E-state index contributed by atoms with van der Waals surface area (Å²) in [5.41, 5.74) is 8.03. The van der Waals surface area contributed by atoms with Crippen molar-refractivity contribution >= 4 is 11.5 Å². The highest BCUT2D eigenvalue weighted by molar-refractivity contribution is 5.66. The molecule has 0 bridgehead atoms. The minimum absolute atomic E-state index is 0.616. The summed E-state index contributed by atoms with van der Waals surface area (Å²) in [6, 6.07) is 2.58. The van der Waals surface area contributed by atoms with Crippen LogP contribution in [-0.2, 0) is 0 Å². The molecule has 1 aliphatic carbocycles. The summed E-state index contributed by atoms with van der Waals surface area (Å²) >= 11 is 0. The maximum absolute atomic E-state index is 6.09. The number of hydrogen-bond donors (Lipinski definition) is 1. The lowest BCUT2D eigenvalue weighted by Gasteiger charge is -2.32. The fourth-order valence-electron chi connectivity index (χ4n) is 2.48. The predicted octanol–water partition coefficient (Wildman–Crippen LogP) is 2.74. The van der Waals surface area contributed by atoms with Crippen molar-refractivity contribution in [3.8, 4) is 0 Å². The van der Waals surface area contributed by atoms with Gasteiger partial charge in [-0.05, 0) is 31.4 Å². The number of hydrogen-bond acceptors (Lipinski definition) is 3. The molecule has 0 saturated heterocycles. The summed E-state index contributed by atoms with van der Waals surface area (Å²) in [6.45, 7) is 2.04.